The summed E-state index contributed by atoms with van der Waals surface area (Å²) in [7, 11) is 0. The lowest BCUT2D eigenvalue weighted by Crippen LogP contribution is -2.29. The first-order valence-electron chi connectivity index (χ1n) is 7.24. The minimum absolute atomic E-state index is 0.0831. The van der Waals surface area contributed by atoms with Gasteiger partial charge < -0.3 is 0 Å². The number of carbonyl (C=O) groups excluding carboxylic acids is 1. The van der Waals surface area contributed by atoms with Crippen molar-refractivity contribution in [1.82, 2.24) is 4.90 Å². The molecule has 1 aromatic rings. The zero-order valence-corrected chi connectivity index (χ0v) is 11.6. The quantitative estimate of drug-likeness (QED) is 0.667. The third-order valence-electron chi connectivity index (χ3n) is 3.66. The lowest BCUT2D eigenvalue weighted by molar-refractivity contribution is 0.0958. The molecule has 2 rings (SSSR count). The van der Waals surface area contributed by atoms with Gasteiger partial charge in [0.1, 0.15) is 5.82 Å². The van der Waals surface area contributed by atoms with Crippen LogP contribution in [0.1, 0.15) is 49.4 Å². The maximum absolute atomic E-state index is 13.5. The van der Waals surface area contributed by atoms with Crippen LogP contribution in [-0.4, -0.2) is 29.8 Å². The normalized spacial score (nSPS) is 14.9. The molecule has 1 saturated carbocycles. The third kappa shape index (κ3) is 4.13. The summed E-state index contributed by atoms with van der Waals surface area (Å²) >= 11 is 0. The monoisotopic (exact) mass is 263 g/mol. The minimum atomic E-state index is -0.404. The Morgan fingerprint density at radius 3 is 2.68 bits per heavy atom. The molecule has 19 heavy (non-hydrogen) atoms. The van der Waals surface area contributed by atoms with E-state index in [0.29, 0.717) is 12.5 Å². The van der Waals surface area contributed by atoms with E-state index in [0.717, 1.165) is 13.1 Å². The first-order valence-corrected chi connectivity index (χ1v) is 7.24. The Balaban J connectivity index is 1.86. The number of nitrogens with zero attached hydrogens (tertiary/aromatic N) is 1. The number of hydrogen-bond donors (Lipinski definition) is 0. The van der Waals surface area contributed by atoms with Crippen LogP contribution in [0.5, 0.6) is 0 Å². The van der Waals surface area contributed by atoms with Gasteiger partial charge in [0.2, 0.25) is 0 Å². The second-order valence-corrected chi connectivity index (χ2v) is 5.27. The van der Waals surface area contributed by atoms with Crippen molar-refractivity contribution in [2.24, 2.45) is 0 Å². The van der Waals surface area contributed by atoms with Crippen LogP contribution < -0.4 is 0 Å². The number of hydrogen-bond acceptors (Lipinski definition) is 2. The molecule has 0 saturated heterocycles. The van der Waals surface area contributed by atoms with Crippen molar-refractivity contribution in [2.75, 3.05) is 13.1 Å². The zero-order chi connectivity index (χ0) is 13.7. The number of benzene rings is 1. The highest BCUT2D eigenvalue weighted by Crippen LogP contribution is 2.27. The van der Waals surface area contributed by atoms with Gasteiger partial charge in [-0.05, 0) is 37.9 Å². The highest BCUT2D eigenvalue weighted by atomic mass is 19.1. The highest BCUT2D eigenvalue weighted by Gasteiger charge is 2.28. The Hall–Kier alpha value is -1.22. The van der Waals surface area contributed by atoms with Crippen LogP contribution in [0.3, 0.4) is 0 Å². The van der Waals surface area contributed by atoms with Gasteiger partial charge in [-0.2, -0.15) is 0 Å². The summed E-state index contributed by atoms with van der Waals surface area (Å²) in [6.07, 6.45) is 5.26. The van der Waals surface area contributed by atoms with E-state index in [1.54, 1.807) is 18.2 Å². The molecule has 0 unspecified atom stereocenters. The van der Waals surface area contributed by atoms with Gasteiger partial charge in [-0.25, -0.2) is 4.39 Å². The van der Waals surface area contributed by atoms with Crippen LogP contribution in [0, 0.1) is 5.82 Å². The van der Waals surface area contributed by atoms with Gasteiger partial charge in [0, 0.05) is 19.0 Å². The minimum Gasteiger partial charge on any atom is -0.300 e. The summed E-state index contributed by atoms with van der Waals surface area (Å²) in [5.41, 5.74) is 0.230. The Labute approximate surface area is 114 Å². The Morgan fingerprint density at radius 1 is 1.32 bits per heavy atom. The molecule has 0 aromatic heterocycles. The molecule has 0 bridgehead atoms. The van der Waals surface area contributed by atoms with E-state index >= 15 is 0 Å². The molecule has 2 nitrogen and oxygen atoms in total. The first-order chi connectivity index (χ1) is 9.22. The smallest absolute Gasteiger partial charge is 0.167 e. The van der Waals surface area contributed by atoms with Crippen molar-refractivity contribution in [3.8, 4) is 0 Å². The molecule has 1 aliphatic rings. The number of Topliss-reactive ketones (excluding diaryl/α,β-unsaturated/α-hetero) is 1. The molecule has 0 spiro atoms. The average molecular weight is 263 g/mol. The van der Waals surface area contributed by atoms with Gasteiger partial charge in [0.15, 0.2) is 5.78 Å². The number of ketones is 1. The van der Waals surface area contributed by atoms with E-state index < -0.39 is 5.82 Å². The number of halogens is 1. The molecule has 0 aliphatic heterocycles. The van der Waals surface area contributed by atoms with Crippen molar-refractivity contribution < 1.29 is 9.18 Å². The largest absolute Gasteiger partial charge is 0.300 e. The highest BCUT2D eigenvalue weighted by molar-refractivity contribution is 5.96. The molecule has 0 atom stereocenters. The fourth-order valence-electron chi connectivity index (χ4n) is 2.35. The van der Waals surface area contributed by atoms with Crippen LogP contribution >= 0.6 is 0 Å². The van der Waals surface area contributed by atoms with Gasteiger partial charge in [-0.15, -0.1) is 0 Å². The molecular weight excluding hydrogens is 241 g/mol. The molecule has 1 fully saturated rings. The molecule has 1 aliphatic carbocycles. The van der Waals surface area contributed by atoms with E-state index in [2.05, 4.69) is 11.8 Å². The summed E-state index contributed by atoms with van der Waals surface area (Å²) < 4.78 is 13.5. The summed E-state index contributed by atoms with van der Waals surface area (Å²) in [5, 5.41) is 0. The van der Waals surface area contributed by atoms with Gasteiger partial charge in [0.25, 0.3) is 0 Å². The predicted molar refractivity (Wildman–Crippen MR) is 74.9 cm³/mol. The topological polar surface area (TPSA) is 20.3 Å². The molecule has 104 valence electrons. The lowest BCUT2D eigenvalue weighted by Gasteiger charge is -2.21. The Kier molecular flexibility index (Phi) is 5.08. The standard InChI is InChI=1S/C16H22FNO/c1-2-3-11-18(13-8-9-13)12-10-16(19)14-6-4-5-7-15(14)17/h4-7,13H,2-3,8-12H2,1H3. The Bertz CT molecular complexity index is 429. The summed E-state index contributed by atoms with van der Waals surface area (Å²) in [4.78, 5) is 14.4. The first kappa shape index (κ1) is 14.2. The lowest BCUT2D eigenvalue weighted by atomic mass is 10.1. The number of rotatable bonds is 8. The van der Waals surface area contributed by atoms with E-state index in [4.69, 9.17) is 0 Å². The number of carbonyl (C=O) groups is 1. The van der Waals surface area contributed by atoms with E-state index in [1.807, 2.05) is 0 Å². The van der Waals surface area contributed by atoms with E-state index in [-0.39, 0.29) is 11.3 Å². The van der Waals surface area contributed by atoms with Crippen LogP contribution in [0.15, 0.2) is 24.3 Å². The SMILES string of the molecule is CCCCN(CCC(=O)c1ccccc1F)C1CC1. The second-order valence-electron chi connectivity index (χ2n) is 5.27. The van der Waals surface area contributed by atoms with Crippen LogP contribution in [-0.2, 0) is 0 Å². The summed E-state index contributed by atoms with van der Waals surface area (Å²) in [6.45, 7) is 4.00. The predicted octanol–water partition coefficient (Wildman–Crippen LogP) is 3.66. The van der Waals surface area contributed by atoms with Gasteiger partial charge >= 0.3 is 0 Å². The van der Waals surface area contributed by atoms with E-state index in [9.17, 15) is 9.18 Å². The maximum atomic E-state index is 13.5. The zero-order valence-electron chi connectivity index (χ0n) is 11.6. The van der Waals surface area contributed by atoms with Gasteiger partial charge in [-0.1, -0.05) is 25.5 Å². The maximum Gasteiger partial charge on any atom is 0.167 e. The molecule has 0 heterocycles. The molecular formula is C16H22FNO. The average Bonchev–Trinajstić information content (AvgIpc) is 3.23. The van der Waals surface area contributed by atoms with Crippen LogP contribution in [0.4, 0.5) is 4.39 Å². The van der Waals surface area contributed by atoms with Crippen molar-refractivity contribution in [3.63, 3.8) is 0 Å². The molecule has 1 aromatic carbocycles. The van der Waals surface area contributed by atoms with Crippen LogP contribution in [0.25, 0.3) is 0 Å². The van der Waals surface area contributed by atoms with E-state index in [1.165, 1.54) is 31.7 Å². The summed E-state index contributed by atoms with van der Waals surface area (Å²) in [6, 6.07) is 6.92. The third-order valence-corrected chi connectivity index (χ3v) is 3.66. The molecule has 0 amide bonds. The Morgan fingerprint density at radius 2 is 2.05 bits per heavy atom. The summed E-state index contributed by atoms with van der Waals surface area (Å²) in [5.74, 6) is -0.487. The van der Waals surface area contributed by atoms with Crippen molar-refractivity contribution in [3.05, 3.63) is 35.6 Å². The van der Waals surface area contributed by atoms with Gasteiger partial charge in [0.05, 0.1) is 5.56 Å². The number of unbranched alkanes of at least 4 members (excludes halogenated alkanes) is 1. The van der Waals surface area contributed by atoms with Crippen molar-refractivity contribution in [1.29, 1.82) is 0 Å². The molecule has 3 heteroatoms. The van der Waals surface area contributed by atoms with Gasteiger partial charge in [-0.3, -0.25) is 9.69 Å². The van der Waals surface area contributed by atoms with Crippen molar-refractivity contribution >= 4 is 5.78 Å². The van der Waals surface area contributed by atoms with Crippen LogP contribution in [0.2, 0.25) is 0 Å². The van der Waals surface area contributed by atoms with Crippen molar-refractivity contribution in [2.45, 2.75) is 45.1 Å². The molecule has 0 radical (unpaired) electrons. The second kappa shape index (κ2) is 6.80. The molecule has 0 N–H and O–H groups in total. The fourth-order valence-corrected chi connectivity index (χ4v) is 2.35. The fraction of sp³-hybridized carbons (Fsp3) is 0.562.